The smallest absolute Gasteiger partial charge is 0.255 e. The Morgan fingerprint density at radius 3 is 2.38 bits per heavy atom. The van der Waals surface area contributed by atoms with Gasteiger partial charge in [-0.2, -0.15) is 0 Å². The van der Waals surface area contributed by atoms with Crippen LogP contribution in [0.3, 0.4) is 0 Å². The van der Waals surface area contributed by atoms with Gasteiger partial charge in [0.25, 0.3) is 5.91 Å². The maximum Gasteiger partial charge on any atom is 0.255 e. The molecule has 0 saturated carbocycles. The van der Waals surface area contributed by atoms with Crippen LogP contribution in [0.25, 0.3) is 0 Å². The van der Waals surface area contributed by atoms with E-state index in [1.54, 1.807) is 29.3 Å². The number of fused-ring (bicyclic) bond motifs is 1. The third kappa shape index (κ3) is 4.39. The Morgan fingerprint density at radius 1 is 1.06 bits per heavy atom. The molecule has 176 valence electrons. The molecule has 0 saturated heterocycles. The average Bonchev–Trinajstić information content (AvgIpc) is 3.19. The number of benzene rings is 2. The van der Waals surface area contributed by atoms with E-state index >= 15 is 0 Å². The summed E-state index contributed by atoms with van der Waals surface area (Å²) in [7, 11) is 4.59. The van der Waals surface area contributed by atoms with E-state index < -0.39 is 6.04 Å². The van der Waals surface area contributed by atoms with Crippen LogP contribution in [0.2, 0.25) is 0 Å². The number of carbonyl (C=O) groups excluding carboxylic acids is 2. The largest absolute Gasteiger partial charge is 0.493 e. The van der Waals surface area contributed by atoms with Gasteiger partial charge in [-0.1, -0.05) is 24.3 Å². The molecule has 2 aromatic carbocycles. The molecule has 1 aliphatic rings. The summed E-state index contributed by atoms with van der Waals surface area (Å²) in [5.41, 5.74) is 3.11. The summed E-state index contributed by atoms with van der Waals surface area (Å²) in [6.07, 6.45) is 1.65. The first kappa shape index (κ1) is 23.1. The Kier molecular flexibility index (Phi) is 6.67. The minimum atomic E-state index is -0.572. The summed E-state index contributed by atoms with van der Waals surface area (Å²) < 4.78 is 16.5. The summed E-state index contributed by atoms with van der Waals surface area (Å²) in [5.74, 6) is 1.45. The lowest BCUT2D eigenvalue weighted by atomic mass is 10.00. The molecular formula is C26H27N3O5. The Labute approximate surface area is 198 Å². The van der Waals surface area contributed by atoms with Crippen molar-refractivity contribution in [2.75, 3.05) is 26.6 Å². The van der Waals surface area contributed by atoms with E-state index in [9.17, 15) is 9.59 Å². The van der Waals surface area contributed by atoms with Gasteiger partial charge in [0.05, 0.1) is 33.8 Å². The lowest BCUT2D eigenvalue weighted by Gasteiger charge is -2.29. The summed E-state index contributed by atoms with van der Waals surface area (Å²) >= 11 is 0. The molecule has 0 radical (unpaired) electrons. The minimum Gasteiger partial charge on any atom is -0.493 e. The van der Waals surface area contributed by atoms with Gasteiger partial charge in [-0.05, 0) is 47.9 Å². The van der Waals surface area contributed by atoms with Gasteiger partial charge in [-0.3, -0.25) is 9.59 Å². The van der Waals surface area contributed by atoms with Crippen LogP contribution < -0.4 is 19.5 Å². The quantitative estimate of drug-likeness (QED) is 0.542. The Bertz CT molecular complexity index is 1200. The molecule has 1 aliphatic heterocycles. The van der Waals surface area contributed by atoms with Gasteiger partial charge in [0, 0.05) is 18.3 Å². The van der Waals surface area contributed by atoms with E-state index in [1.807, 2.05) is 37.3 Å². The molecule has 0 bridgehead atoms. The molecule has 2 amide bonds. The van der Waals surface area contributed by atoms with Crippen LogP contribution >= 0.6 is 0 Å². The SMILES string of the molecule is COc1cc([C@H](CC(=O)Nc2ncccc2C)N2Cc3ccccc3C2=O)cc(OC)c1OC. The minimum absolute atomic E-state index is 0.0222. The number of hydrogen-bond acceptors (Lipinski definition) is 6. The number of hydrogen-bond donors (Lipinski definition) is 1. The van der Waals surface area contributed by atoms with Crippen LogP contribution in [0, 0.1) is 6.92 Å². The number of aryl methyl sites for hydroxylation is 1. The fourth-order valence-electron chi connectivity index (χ4n) is 4.21. The lowest BCUT2D eigenvalue weighted by molar-refractivity contribution is -0.117. The molecule has 1 N–H and O–H groups in total. The molecule has 34 heavy (non-hydrogen) atoms. The first-order valence-corrected chi connectivity index (χ1v) is 10.9. The normalized spacial score (nSPS) is 13.3. The maximum atomic E-state index is 13.3. The number of pyridine rings is 1. The second-order valence-corrected chi connectivity index (χ2v) is 7.99. The highest BCUT2D eigenvalue weighted by Crippen LogP contribution is 2.43. The van der Waals surface area contributed by atoms with Crippen molar-refractivity contribution in [3.63, 3.8) is 0 Å². The van der Waals surface area contributed by atoms with Crippen molar-refractivity contribution in [2.45, 2.75) is 25.9 Å². The highest BCUT2D eigenvalue weighted by molar-refractivity contribution is 5.99. The number of anilines is 1. The van der Waals surface area contributed by atoms with E-state index in [0.29, 0.717) is 40.7 Å². The van der Waals surface area contributed by atoms with Gasteiger partial charge in [-0.25, -0.2) is 4.98 Å². The second kappa shape index (κ2) is 9.82. The molecule has 3 aromatic rings. The number of carbonyl (C=O) groups is 2. The van der Waals surface area contributed by atoms with Gasteiger partial charge in [0.15, 0.2) is 11.5 Å². The summed E-state index contributed by atoms with van der Waals surface area (Å²) in [6, 6.07) is 14.1. The maximum absolute atomic E-state index is 13.3. The molecule has 0 fully saturated rings. The summed E-state index contributed by atoms with van der Waals surface area (Å²) in [6.45, 7) is 2.27. The molecule has 2 heterocycles. The van der Waals surface area contributed by atoms with Crippen LogP contribution in [-0.4, -0.2) is 43.0 Å². The van der Waals surface area contributed by atoms with E-state index in [0.717, 1.165) is 11.1 Å². The molecule has 8 heteroatoms. The number of amides is 2. The highest BCUT2D eigenvalue weighted by atomic mass is 16.5. The predicted octanol–water partition coefficient (Wildman–Crippen LogP) is 4.14. The summed E-state index contributed by atoms with van der Waals surface area (Å²) in [5, 5.41) is 2.87. The van der Waals surface area contributed by atoms with Crippen molar-refractivity contribution in [2.24, 2.45) is 0 Å². The zero-order chi connectivity index (χ0) is 24.2. The monoisotopic (exact) mass is 461 g/mol. The van der Waals surface area contributed by atoms with Crippen molar-refractivity contribution >= 4 is 17.6 Å². The van der Waals surface area contributed by atoms with Crippen molar-refractivity contribution < 1.29 is 23.8 Å². The first-order chi connectivity index (χ1) is 16.5. The van der Waals surface area contributed by atoms with Gasteiger partial charge >= 0.3 is 0 Å². The third-order valence-electron chi connectivity index (χ3n) is 5.94. The van der Waals surface area contributed by atoms with Crippen LogP contribution in [-0.2, 0) is 11.3 Å². The van der Waals surface area contributed by atoms with Crippen LogP contribution in [0.15, 0.2) is 54.7 Å². The molecule has 1 aromatic heterocycles. The zero-order valence-electron chi connectivity index (χ0n) is 19.6. The van der Waals surface area contributed by atoms with Crippen molar-refractivity contribution in [3.05, 3.63) is 77.0 Å². The Balaban J connectivity index is 1.73. The number of nitrogens with zero attached hydrogens (tertiary/aromatic N) is 2. The van der Waals surface area contributed by atoms with Crippen LogP contribution in [0.5, 0.6) is 17.2 Å². The number of aromatic nitrogens is 1. The van der Waals surface area contributed by atoms with E-state index in [-0.39, 0.29) is 18.2 Å². The van der Waals surface area contributed by atoms with Gasteiger partial charge < -0.3 is 24.4 Å². The molecule has 0 unspecified atom stereocenters. The third-order valence-corrected chi connectivity index (χ3v) is 5.94. The fraction of sp³-hybridized carbons (Fsp3) is 0.269. The van der Waals surface area contributed by atoms with E-state index in [2.05, 4.69) is 10.3 Å². The molecule has 1 atom stereocenters. The van der Waals surface area contributed by atoms with Crippen molar-refractivity contribution in [3.8, 4) is 17.2 Å². The number of rotatable bonds is 8. The Morgan fingerprint density at radius 2 is 1.76 bits per heavy atom. The second-order valence-electron chi connectivity index (χ2n) is 7.99. The topological polar surface area (TPSA) is 90.0 Å². The first-order valence-electron chi connectivity index (χ1n) is 10.9. The van der Waals surface area contributed by atoms with Gasteiger partial charge in [-0.15, -0.1) is 0 Å². The van der Waals surface area contributed by atoms with Crippen molar-refractivity contribution in [1.82, 2.24) is 9.88 Å². The Hall–Kier alpha value is -4.07. The van der Waals surface area contributed by atoms with E-state index in [4.69, 9.17) is 14.2 Å². The number of ether oxygens (including phenoxy) is 3. The van der Waals surface area contributed by atoms with E-state index in [1.165, 1.54) is 21.3 Å². The zero-order valence-corrected chi connectivity index (χ0v) is 19.6. The molecule has 8 nitrogen and oxygen atoms in total. The number of methoxy groups -OCH3 is 3. The molecule has 0 spiro atoms. The predicted molar refractivity (Wildman–Crippen MR) is 127 cm³/mol. The average molecular weight is 462 g/mol. The van der Waals surface area contributed by atoms with Gasteiger partial charge in [0.1, 0.15) is 5.82 Å². The van der Waals surface area contributed by atoms with Crippen molar-refractivity contribution in [1.29, 1.82) is 0 Å². The standard InChI is InChI=1S/C26H27N3O5/c1-16-8-7-11-27-25(16)28-23(30)14-20(29-15-17-9-5-6-10-19(17)26(29)31)18-12-21(32-2)24(34-4)22(13-18)33-3/h5-13,20H,14-15H2,1-4H3,(H,27,28,30)/t20-/m0/s1. The molecule has 0 aliphatic carbocycles. The molecule has 4 rings (SSSR count). The molecular weight excluding hydrogens is 434 g/mol. The van der Waals surface area contributed by atoms with Crippen LogP contribution in [0.4, 0.5) is 5.82 Å². The number of nitrogens with one attached hydrogen (secondary N) is 1. The van der Waals surface area contributed by atoms with Crippen LogP contribution in [0.1, 0.15) is 39.5 Å². The lowest BCUT2D eigenvalue weighted by Crippen LogP contribution is -2.32. The fourth-order valence-corrected chi connectivity index (χ4v) is 4.21. The summed E-state index contributed by atoms with van der Waals surface area (Å²) in [4.78, 5) is 32.4. The van der Waals surface area contributed by atoms with Gasteiger partial charge in [0.2, 0.25) is 11.7 Å². The highest BCUT2D eigenvalue weighted by Gasteiger charge is 2.35.